The fraction of sp³-hybridized carbons (Fsp3) is 0.440. The maximum Gasteiger partial charge on any atom is 0.416 e. The number of nitrogens with zero attached hydrogens (tertiary/aromatic N) is 2. The molecule has 5 nitrogen and oxygen atoms in total. The standard InChI is InChI=1S/C25H26F7N3O2/c1-14-8-18(26)4-5-19(14)21-13-35(23(37)33-2)7-6-20(21)22(36)34(3)12-15-9-16(24(27,28)29)11-17(10-15)25(30,31)32/h4-5,8-11,20-21H,6-7,12-13H2,1-3H3,(H,33,37)/t20-,21+/m1/s1. The first-order valence-corrected chi connectivity index (χ1v) is 11.4. The molecule has 1 N–H and O–H groups in total. The van der Waals surface area contributed by atoms with E-state index in [9.17, 15) is 40.3 Å². The normalized spacial score (nSPS) is 18.5. The van der Waals surface area contributed by atoms with Gasteiger partial charge in [0.15, 0.2) is 0 Å². The zero-order valence-electron chi connectivity index (χ0n) is 20.3. The van der Waals surface area contributed by atoms with Gasteiger partial charge in [0.05, 0.1) is 11.1 Å². The Labute approximate surface area is 209 Å². The number of carbonyl (C=O) groups excluding carboxylic acids is 2. The predicted octanol–water partition coefficient (Wildman–Crippen LogP) is 5.58. The minimum atomic E-state index is -5.00. The highest BCUT2D eigenvalue weighted by atomic mass is 19.4. The third-order valence-electron chi connectivity index (χ3n) is 6.51. The average molecular weight is 533 g/mol. The molecule has 0 spiro atoms. The van der Waals surface area contributed by atoms with Gasteiger partial charge in [-0.1, -0.05) is 6.07 Å². The lowest BCUT2D eigenvalue weighted by Crippen LogP contribution is -2.50. The van der Waals surface area contributed by atoms with E-state index in [1.54, 1.807) is 6.92 Å². The Balaban J connectivity index is 1.92. The van der Waals surface area contributed by atoms with E-state index in [2.05, 4.69) is 5.32 Å². The summed E-state index contributed by atoms with van der Waals surface area (Å²) in [5, 5.41) is 2.51. The summed E-state index contributed by atoms with van der Waals surface area (Å²) in [4.78, 5) is 28.3. The summed E-state index contributed by atoms with van der Waals surface area (Å²) in [7, 11) is 2.76. The van der Waals surface area contributed by atoms with Crippen molar-refractivity contribution in [3.63, 3.8) is 0 Å². The number of hydrogen-bond donors (Lipinski definition) is 1. The van der Waals surface area contributed by atoms with Crippen LogP contribution in [0, 0.1) is 18.7 Å². The van der Waals surface area contributed by atoms with Crippen molar-refractivity contribution in [2.45, 2.75) is 38.2 Å². The molecule has 202 valence electrons. The number of halogens is 7. The van der Waals surface area contributed by atoms with Gasteiger partial charge in [-0.2, -0.15) is 26.3 Å². The quantitative estimate of drug-likeness (QED) is 0.523. The van der Waals surface area contributed by atoms with Crippen LogP contribution < -0.4 is 5.32 Å². The predicted molar refractivity (Wildman–Crippen MR) is 121 cm³/mol. The van der Waals surface area contributed by atoms with Gasteiger partial charge in [0, 0.05) is 45.6 Å². The Bertz CT molecular complexity index is 1130. The number of nitrogens with one attached hydrogen (secondary N) is 1. The van der Waals surface area contributed by atoms with E-state index in [1.807, 2.05) is 0 Å². The monoisotopic (exact) mass is 533 g/mol. The van der Waals surface area contributed by atoms with Crippen molar-refractivity contribution >= 4 is 11.9 Å². The van der Waals surface area contributed by atoms with Crippen LogP contribution in [0.15, 0.2) is 36.4 Å². The maximum atomic E-state index is 13.7. The van der Waals surface area contributed by atoms with Crippen LogP contribution in [0.1, 0.15) is 40.2 Å². The summed E-state index contributed by atoms with van der Waals surface area (Å²) in [6, 6.07) is 4.89. The number of benzene rings is 2. The molecule has 2 aromatic rings. The zero-order valence-corrected chi connectivity index (χ0v) is 20.3. The fourth-order valence-electron chi connectivity index (χ4n) is 4.71. The molecule has 0 unspecified atom stereocenters. The molecule has 1 saturated heterocycles. The highest BCUT2D eigenvalue weighted by molar-refractivity contribution is 5.81. The molecule has 0 saturated carbocycles. The van der Waals surface area contributed by atoms with E-state index in [0.29, 0.717) is 23.3 Å². The molecule has 37 heavy (non-hydrogen) atoms. The van der Waals surface area contributed by atoms with Crippen molar-refractivity contribution in [1.29, 1.82) is 0 Å². The molecule has 3 rings (SSSR count). The van der Waals surface area contributed by atoms with Gasteiger partial charge in [0.1, 0.15) is 5.82 Å². The fourth-order valence-corrected chi connectivity index (χ4v) is 4.71. The first kappa shape index (κ1) is 28.3. The van der Waals surface area contributed by atoms with Crippen LogP contribution >= 0.6 is 0 Å². The summed E-state index contributed by atoms with van der Waals surface area (Å²) in [5.41, 5.74) is -2.07. The number of piperidine rings is 1. The minimum Gasteiger partial charge on any atom is -0.341 e. The summed E-state index contributed by atoms with van der Waals surface area (Å²) in [5.74, 6) is -2.28. The Morgan fingerprint density at radius 2 is 1.62 bits per heavy atom. The minimum absolute atomic E-state index is 0.0349. The van der Waals surface area contributed by atoms with Crippen molar-refractivity contribution in [1.82, 2.24) is 15.1 Å². The molecule has 0 bridgehead atoms. The van der Waals surface area contributed by atoms with Gasteiger partial charge in [-0.3, -0.25) is 4.79 Å². The molecule has 1 aliphatic heterocycles. The number of urea groups is 1. The Morgan fingerprint density at radius 1 is 1.03 bits per heavy atom. The molecule has 1 heterocycles. The molecular formula is C25H26F7N3O2. The molecular weight excluding hydrogens is 507 g/mol. The van der Waals surface area contributed by atoms with Crippen LogP contribution in [-0.2, 0) is 23.7 Å². The van der Waals surface area contributed by atoms with E-state index in [-0.39, 0.29) is 37.2 Å². The Morgan fingerprint density at radius 3 is 2.14 bits per heavy atom. The summed E-state index contributed by atoms with van der Waals surface area (Å²) in [6.45, 7) is 1.50. The molecule has 2 atom stereocenters. The molecule has 12 heteroatoms. The molecule has 3 amide bonds. The SMILES string of the molecule is CNC(=O)N1CC[C@@H](C(=O)N(C)Cc2cc(C(F)(F)F)cc(C(F)(F)F)c2)[C@H](c2ccc(F)cc2C)C1. The van der Waals surface area contributed by atoms with Crippen molar-refractivity contribution in [3.8, 4) is 0 Å². The van der Waals surface area contributed by atoms with Crippen LogP contribution in [0.3, 0.4) is 0 Å². The molecule has 1 aliphatic rings. The van der Waals surface area contributed by atoms with Gasteiger partial charge in [-0.05, 0) is 60.4 Å². The highest BCUT2D eigenvalue weighted by Crippen LogP contribution is 2.38. The Kier molecular flexibility index (Phi) is 8.09. The Hall–Kier alpha value is -3.31. The third kappa shape index (κ3) is 6.53. The largest absolute Gasteiger partial charge is 0.416 e. The van der Waals surface area contributed by atoms with Crippen LogP contribution in [-0.4, -0.2) is 48.9 Å². The van der Waals surface area contributed by atoms with Crippen molar-refractivity contribution in [2.24, 2.45) is 5.92 Å². The number of alkyl halides is 6. The third-order valence-corrected chi connectivity index (χ3v) is 6.51. The van der Waals surface area contributed by atoms with E-state index in [1.165, 1.54) is 37.2 Å². The number of likely N-dealkylation sites (tertiary alicyclic amines) is 1. The number of amides is 3. The summed E-state index contributed by atoms with van der Waals surface area (Å²) < 4.78 is 93.2. The zero-order chi connectivity index (χ0) is 27.7. The second-order valence-corrected chi connectivity index (χ2v) is 9.11. The van der Waals surface area contributed by atoms with Gasteiger partial charge >= 0.3 is 18.4 Å². The van der Waals surface area contributed by atoms with Crippen LogP contribution in [0.5, 0.6) is 0 Å². The lowest BCUT2D eigenvalue weighted by Gasteiger charge is -2.40. The van der Waals surface area contributed by atoms with Gasteiger partial charge in [-0.25, -0.2) is 9.18 Å². The molecule has 0 aliphatic carbocycles. The summed E-state index contributed by atoms with van der Waals surface area (Å²) in [6.07, 6.45) is -9.80. The van der Waals surface area contributed by atoms with Crippen LogP contribution in [0.25, 0.3) is 0 Å². The molecule has 0 radical (unpaired) electrons. The number of aryl methyl sites for hydroxylation is 1. The first-order chi connectivity index (χ1) is 17.1. The van der Waals surface area contributed by atoms with Crippen LogP contribution in [0.4, 0.5) is 35.5 Å². The van der Waals surface area contributed by atoms with Crippen molar-refractivity contribution in [3.05, 3.63) is 70.0 Å². The van der Waals surface area contributed by atoms with Crippen LogP contribution in [0.2, 0.25) is 0 Å². The second kappa shape index (κ2) is 10.6. The van der Waals surface area contributed by atoms with E-state index in [0.717, 1.165) is 4.90 Å². The van der Waals surface area contributed by atoms with E-state index in [4.69, 9.17) is 0 Å². The van der Waals surface area contributed by atoms with Gasteiger partial charge in [0.2, 0.25) is 5.91 Å². The number of carbonyl (C=O) groups is 2. The highest BCUT2D eigenvalue weighted by Gasteiger charge is 2.40. The van der Waals surface area contributed by atoms with Crippen molar-refractivity contribution in [2.75, 3.05) is 27.2 Å². The molecule has 1 fully saturated rings. The molecule has 0 aromatic heterocycles. The summed E-state index contributed by atoms with van der Waals surface area (Å²) >= 11 is 0. The first-order valence-electron chi connectivity index (χ1n) is 11.4. The lowest BCUT2D eigenvalue weighted by atomic mass is 9.78. The number of hydrogen-bond acceptors (Lipinski definition) is 2. The molecule has 2 aromatic carbocycles. The van der Waals surface area contributed by atoms with Gasteiger partial charge < -0.3 is 15.1 Å². The maximum absolute atomic E-state index is 13.7. The van der Waals surface area contributed by atoms with E-state index < -0.39 is 53.6 Å². The van der Waals surface area contributed by atoms with Gasteiger partial charge in [0.25, 0.3) is 0 Å². The topological polar surface area (TPSA) is 52.7 Å². The van der Waals surface area contributed by atoms with Gasteiger partial charge in [-0.15, -0.1) is 0 Å². The average Bonchev–Trinajstić information content (AvgIpc) is 2.81. The smallest absolute Gasteiger partial charge is 0.341 e. The van der Waals surface area contributed by atoms with Crippen molar-refractivity contribution < 1.29 is 40.3 Å². The second-order valence-electron chi connectivity index (χ2n) is 9.11. The lowest BCUT2D eigenvalue weighted by molar-refractivity contribution is -0.143. The van der Waals surface area contributed by atoms with E-state index >= 15 is 0 Å². The number of rotatable bonds is 4.